The van der Waals surface area contributed by atoms with Crippen LogP contribution in [0.5, 0.6) is 0 Å². The summed E-state index contributed by atoms with van der Waals surface area (Å²) in [5.41, 5.74) is 0. The van der Waals surface area contributed by atoms with E-state index < -0.39 is 14.6 Å². The summed E-state index contributed by atoms with van der Waals surface area (Å²) in [4.78, 5) is 3.24. The van der Waals surface area contributed by atoms with Gasteiger partial charge < -0.3 is 0 Å². The lowest BCUT2D eigenvalue weighted by Crippen LogP contribution is -1.88. The molecule has 3 nitrogen and oxygen atoms in total. The van der Waals surface area contributed by atoms with E-state index in [-0.39, 0.29) is 0 Å². The molecule has 0 spiro atoms. The molecule has 0 radical (unpaired) electrons. The Hall–Kier alpha value is -0.490. The molecule has 6 heteroatoms. The summed E-state index contributed by atoms with van der Waals surface area (Å²) in [5.74, 6) is 0. The van der Waals surface area contributed by atoms with Gasteiger partial charge in [-0.2, -0.15) is 8.42 Å². The zero-order valence-corrected chi connectivity index (χ0v) is 5.75. The maximum atomic E-state index is 11.9. The summed E-state index contributed by atoms with van der Waals surface area (Å²) < 4.78 is 31.3. The van der Waals surface area contributed by atoms with Crippen LogP contribution in [0.1, 0.15) is 0 Å². The minimum absolute atomic E-state index is 0.484. The Bertz CT molecular complexity index is 277. The minimum Gasteiger partial charge on any atom is -0.231 e. The molecule has 0 saturated carbocycles. The minimum atomic E-state index is -4.55. The molecular formula is C3H2FNO2S2. The average Bonchev–Trinajstić information content (AvgIpc) is 2.08. The quantitative estimate of drug-likeness (QED) is 0.581. The van der Waals surface area contributed by atoms with Gasteiger partial charge in [0, 0.05) is 11.6 Å². The van der Waals surface area contributed by atoms with Gasteiger partial charge in [-0.05, 0) is 0 Å². The van der Waals surface area contributed by atoms with E-state index in [1.54, 1.807) is 0 Å². The Morgan fingerprint density at radius 1 is 1.67 bits per heavy atom. The van der Waals surface area contributed by atoms with Crippen molar-refractivity contribution in [2.24, 2.45) is 0 Å². The molecule has 1 aromatic rings. The molecule has 0 aliphatic rings. The van der Waals surface area contributed by atoms with E-state index in [1.807, 2.05) is 0 Å². The van der Waals surface area contributed by atoms with Crippen molar-refractivity contribution in [1.29, 1.82) is 0 Å². The topological polar surface area (TPSA) is 47.0 Å². The Labute approximate surface area is 55.4 Å². The van der Waals surface area contributed by atoms with Crippen molar-refractivity contribution >= 4 is 21.6 Å². The van der Waals surface area contributed by atoms with Crippen LogP contribution in [0, 0.1) is 0 Å². The van der Waals surface area contributed by atoms with Crippen molar-refractivity contribution < 1.29 is 12.3 Å². The first-order chi connectivity index (χ1) is 4.11. The fourth-order valence-electron chi connectivity index (χ4n) is 0.331. The van der Waals surface area contributed by atoms with Crippen LogP contribution in [-0.4, -0.2) is 13.4 Å². The third-order valence-corrected chi connectivity index (χ3v) is 2.59. The fraction of sp³-hybridized carbons (Fsp3) is 0. The number of hydrogen-bond acceptors (Lipinski definition) is 4. The number of hydrogen-bond donors (Lipinski definition) is 0. The standard InChI is InChI=1S/C3H2FNO2S2/c4-9(6,7)3-5-1-2-8-3/h1-2H. The van der Waals surface area contributed by atoms with Crippen molar-refractivity contribution in [2.45, 2.75) is 4.34 Å². The number of halogens is 1. The maximum absolute atomic E-state index is 11.9. The van der Waals surface area contributed by atoms with Gasteiger partial charge in [0.15, 0.2) is 0 Å². The maximum Gasteiger partial charge on any atom is 0.359 e. The molecule has 50 valence electrons. The molecule has 1 aromatic heterocycles. The summed E-state index contributed by atoms with van der Waals surface area (Å²) in [5, 5.41) is 1.40. The molecule has 0 aliphatic heterocycles. The van der Waals surface area contributed by atoms with Crippen LogP contribution in [0.2, 0.25) is 0 Å². The first-order valence-electron chi connectivity index (χ1n) is 1.95. The summed E-state index contributed by atoms with van der Waals surface area (Å²) >= 11 is 0.756. The lowest BCUT2D eigenvalue weighted by Gasteiger charge is -1.79. The van der Waals surface area contributed by atoms with E-state index in [4.69, 9.17) is 0 Å². The number of rotatable bonds is 1. The Kier molecular flexibility index (Phi) is 1.50. The van der Waals surface area contributed by atoms with E-state index >= 15 is 0 Å². The second-order valence-corrected chi connectivity index (χ2v) is 3.65. The number of nitrogens with zero attached hydrogens (tertiary/aromatic N) is 1. The molecule has 0 fully saturated rings. The molecule has 0 aliphatic carbocycles. The van der Waals surface area contributed by atoms with Crippen molar-refractivity contribution in [3.05, 3.63) is 11.6 Å². The van der Waals surface area contributed by atoms with Gasteiger partial charge in [0.2, 0.25) is 4.34 Å². The molecule has 0 atom stereocenters. The highest BCUT2D eigenvalue weighted by Gasteiger charge is 2.13. The molecule has 0 saturated heterocycles. The summed E-state index contributed by atoms with van der Waals surface area (Å²) in [7, 11) is -4.55. The van der Waals surface area contributed by atoms with Crippen LogP contribution in [0.15, 0.2) is 15.9 Å². The molecule has 0 aromatic carbocycles. The Morgan fingerprint density at radius 2 is 2.33 bits per heavy atom. The van der Waals surface area contributed by atoms with Gasteiger partial charge in [0.1, 0.15) is 0 Å². The zero-order valence-electron chi connectivity index (χ0n) is 4.11. The molecule has 0 amide bonds. The molecule has 9 heavy (non-hydrogen) atoms. The second kappa shape index (κ2) is 2.03. The smallest absolute Gasteiger partial charge is 0.231 e. The molecule has 0 unspecified atom stereocenters. The van der Waals surface area contributed by atoms with Crippen LogP contribution in [-0.2, 0) is 10.2 Å². The average molecular weight is 167 g/mol. The summed E-state index contributed by atoms with van der Waals surface area (Å²) in [6.45, 7) is 0. The molecule has 0 bridgehead atoms. The van der Waals surface area contributed by atoms with Crippen LogP contribution in [0.25, 0.3) is 0 Å². The first-order valence-corrected chi connectivity index (χ1v) is 4.21. The number of aromatic nitrogens is 1. The van der Waals surface area contributed by atoms with Crippen molar-refractivity contribution in [2.75, 3.05) is 0 Å². The largest absolute Gasteiger partial charge is 0.359 e. The third-order valence-electron chi connectivity index (χ3n) is 0.618. The van der Waals surface area contributed by atoms with Crippen LogP contribution >= 0.6 is 11.3 Å². The predicted octanol–water partition coefficient (Wildman–Crippen LogP) is 0.801. The molecular weight excluding hydrogens is 165 g/mol. The lowest BCUT2D eigenvalue weighted by molar-refractivity contribution is 0.551. The van der Waals surface area contributed by atoms with Crippen molar-refractivity contribution in [3.63, 3.8) is 0 Å². The lowest BCUT2D eigenvalue weighted by atomic mass is 11.0. The van der Waals surface area contributed by atoms with Crippen molar-refractivity contribution in [3.8, 4) is 0 Å². The zero-order chi connectivity index (χ0) is 6.91. The van der Waals surface area contributed by atoms with Gasteiger partial charge in [-0.25, -0.2) is 4.98 Å². The van der Waals surface area contributed by atoms with E-state index in [2.05, 4.69) is 4.98 Å². The van der Waals surface area contributed by atoms with Crippen LogP contribution in [0.4, 0.5) is 3.89 Å². The van der Waals surface area contributed by atoms with Gasteiger partial charge in [-0.1, -0.05) is 3.89 Å². The van der Waals surface area contributed by atoms with Gasteiger partial charge in [-0.15, -0.1) is 11.3 Å². The SMILES string of the molecule is O=S(=O)(F)c1nccs1. The molecule has 1 heterocycles. The fourth-order valence-corrected chi connectivity index (χ4v) is 1.50. The van der Waals surface area contributed by atoms with Gasteiger partial charge in [0.25, 0.3) is 0 Å². The second-order valence-electron chi connectivity index (χ2n) is 1.24. The van der Waals surface area contributed by atoms with E-state index in [9.17, 15) is 12.3 Å². The monoisotopic (exact) mass is 167 g/mol. The van der Waals surface area contributed by atoms with Gasteiger partial charge >= 0.3 is 10.2 Å². The number of thiazole rings is 1. The van der Waals surface area contributed by atoms with Gasteiger partial charge in [0.05, 0.1) is 0 Å². The highest BCUT2D eigenvalue weighted by molar-refractivity contribution is 7.88. The molecule has 0 N–H and O–H groups in total. The summed E-state index contributed by atoms with van der Waals surface area (Å²) in [6, 6.07) is 0. The van der Waals surface area contributed by atoms with E-state index in [0.29, 0.717) is 0 Å². The van der Waals surface area contributed by atoms with E-state index in [0.717, 1.165) is 11.3 Å². The Morgan fingerprint density at radius 3 is 2.56 bits per heavy atom. The highest BCUT2D eigenvalue weighted by atomic mass is 32.3. The normalized spacial score (nSPS) is 11.7. The van der Waals surface area contributed by atoms with Crippen molar-refractivity contribution in [1.82, 2.24) is 4.98 Å². The van der Waals surface area contributed by atoms with E-state index in [1.165, 1.54) is 11.6 Å². The molecule has 1 rings (SSSR count). The highest BCUT2D eigenvalue weighted by Crippen LogP contribution is 2.13. The predicted molar refractivity (Wildman–Crippen MR) is 30.4 cm³/mol. The Balaban J connectivity index is 3.20. The van der Waals surface area contributed by atoms with Crippen LogP contribution < -0.4 is 0 Å². The van der Waals surface area contributed by atoms with Crippen LogP contribution in [0.3, 0.4) is 0 Å². The third kappa shape index (κ3) is 1.46. The summed E-state index contributed by atoms with van der Waals surface area (Å²) in [6.07, 6.45) is 1.23. The van der Waals surface area contributed by atoms with Gasteiger partial charge in [-0.3, -0.25) is 0 Å². The first kappa shape index (κ1) is 6.63.